The van der Waals surface area contributed by atoms with Gasteiger partial charge in [0.1, 0.15) is 12.1 Å². The summed E-state index contributed by atoms with van der Waals surface area (Å²) < 4.78 is 0. The second kappa shape index (κ2) is 9.13. The quantitative estimate of drug-likeness (QED) is 0.455. The van der Waals surface area contributed by atoms with Crippen LogP contribution in [-0.2, 0) is 25.6 Å². The molecule has 2 rings (SSSR count). The number of hydrogen-bond acceptors (Lipinski definition) is 5. The fourth-order valence-electron chi connectivity index (χ4n) is 3.14. The van der Waals surface area contributed by atoms with Gasteiger partial charge in [-0.3, -0.25) is 14.4 Å². The largest absolute Gasteiger partial charge is 0.480 e. The maximum absolute atomic E-state index is 12.7. The molecule has 1 aliphatic rings. The Balaban J connectivity index is 2.02. The molecule has 0 unspecified atom stereocenters. The minimum absolute atomic E-state index is 0.337. The SMILES string of the molecule is NC(=O)C[C@H](NC(=O)[C@@H]1CCCN1C(=O)[C@@H](N)Cc1ccccc1)C(=O)O. The monoisotopic (exact) mass is 376 g/mol. The topological polar surface area (TPSA) is 156 Å². The van der Waals surface area contributed by atoms with E-state index in [9.17, 15) is 19.2 Å². The Kier molecular flexibility index (Phi) is 6.89. The van der Waals surface area contributed by atoms with Gasteiger partial charge in [-0.05, 0) is 24.8 Å². The lowest BCUT2D eigenvalue weighted by Gasteiger charge is -2.27. The van der Waals surface area contributed by atoms with Gasteiger partial charge >= 0.3 is 5.97 Å². The number of nitrogens with one attached hydrogen (secondary N) is 1. The lowest BCUT2D eigenvalue weighted by Crippen LogP contribution is -2.54. The second-order valence-corrected chi connectivity index (χ2v) is 6.56. The Morgan fingerprint density at radius 2 is 1.89 bits per heavy atom. The van der Waals surface area contributed by atoms with Crippen molar-refractivity contribution in [2.24, 2.45) is 11.5 Å². The number of carbonyl (C=O) groups is 4. The lowest BCUT2D eigenvalue weighted by molar-refractivity contribution is -0.145. The summed E-state index contributed by atoms with van der Waals surface area (Å²) in [6.45, 7) is 0.368. The van der Waals surface area contributed by atoms with Gasteiger partial charge in [0.25, 0.3) is 0 Å². The predicted octanol–water partition coefficient (Wildman–Crippen LogP) is -1.01. The zero-order chi connectivity index (χ0) is 20.0. The normalized spacial score (nSPS) is 18.6. The van der Waals surface area contributed by atoms with Crippen LogP contribution in [0.2, 0.25) is 0 Å². The first kappa shape index (κ1) is 20.4. The Morgan fingerprint density at radius 1 is 1.22 bits per heavy atom. The van der Waals surface area contributed by atoms with Gasteiger partial charge in [-0.15, -0.1) is 0 Å². The van der Waals surface area contributed by atoms with Crippen LogP contribution in [0.3, 0.4) is 0 Å². The van der Waals surface area contributed by atoms with Crippen molar-refractivity contribution in [3.05, 3.63) is 35.9 Å². The molecule has 1 saturated heterocycles. The van der Waals surface area contributed by atoms with Crippen molar-refractivity contribution >= 4 is 23.7 Å². The molecular weight excluding hydrogens is 352 g/mol. The lowest BCUT2D eigenvalue weighted by atomic mass is 10.0. The molecule has 1 fully saturated rings. The number of carboxylic acids is 1. The number of nitrogens with zero attached hydrogens (tertiary/aromatic N) is 1. The number of nitrogens with two attached hydrogens (primary N) is 2. The first-order chi connectivity index (χ1) is 12.8. The Morgan fingerprint density at radius 3 is 2.48 bits per heavy atom. The molecule has 146 valence electrons. The van der Waals surface area contributed by atoms with Crippen molar-refractivity contribution in [2.45, 2.75) is 43.8 Å². The minimum Gasteiger partial charge on any atom is -0.480 e. The third-order valence-electron chi connectivity index (χ3n) is 4.47. The number of benzene rings is 1. The van der Waals surface area contributed by atoms with E-state index in [0.717, 1.165) is 5.56 Å². The zero-order valence-corrected chi connectivity index (χ0v) is 14.8. The Bertz CT molecular complexity index is 709. The van der Waals surface area contributed by atoms with E-state index in [1.807, 2.05) is 30.3 Å². The number of carboxylic acid groups (broad SMARTS) is 1. The van der Waals surface area contributed by atoms with Gasteiger partial charge in [0.15, 0.2) is 0 Å². The van der Waals surface area contributed by atoms with Crippen LogP contribution in [0.25, 0.3) is 0 Å². The summed E-state index contributed by atoms with van der Waals surface area (Å²) in [5, 5.41) is 11.4. The summed E-state index contributed by atoms with van der Waals surface area (Å²) in [6, 6.07) is 6.25. The molecule has 0 aromatic heterocycles. The van der Waals surface area contributed by atoms with Crippen molar-refractivity contribution < 1.29 is 24.3 Å². The van der Waals surface area contributed by atoms with E-state index in [1.54, 1.807) is 0 Å². The van der Waals surface area contributed by atoms with Crippen molar-refractivity contribution in [3.63, 3.8) is 0 Å². The molecule has 3 amide bonds. The standard InChI is InChI=1S/C18H24N4O5/c19-12(9-11-5-2-1-3-6-11)17(25)22-8-4-7-14(22)16(24)21-13(18(26)27)10-15(20)23/h1-3,5-6,12-14H,4,7-10,19H2,(H2,20,23)(H,21,24)(H,26,27)/t12-,13-,14-/m0/s1. The summed E-state index contributed by atoms with van der Waals surface area (Å²) in [6.07, 6.45) is 0.827. The second-order valence-electron chi connectivity index (χ2n) is 6.56. The van der Waals surface area contributed by atoms with Crippen molar-refractivity contribution in [1.29, 1.82) is 0 Å². The number of aliphatic carboxylic acids is 1. The molecule has 0 bridgehead atoms. The van der Waals surface area contributed by atoms with Crippen LogP contribution in [0, 0.1) is 0 Å². The molecule has 1 heterocycles. The summed E-state index contributed by atoms with van der Waals surface area (Å²) in [5.74, 6) is -3.19. The van der Waals surface area contributed by atoms with Crippen molar-refractivity contribution in [1.82, 2.24) is 10.2 Å². The first-order valence-corrected chi connectivity index (χ1v) is 8.71. The minimum atomic E-state index is -1.43. The molecule has 9 nitrogen and oxygen atoms in total. The summed E-state index contributed by atoms with van der Waals surface area (Å²) in [5.41, 5.74) is 12.0. The van der Waals surface area contributed by atoms with Gasteiger partial charge in [-0.1, -0.05) is 30.3 Å². The smallest absolute Gasteiger partial charge is 0.326 e. The third-order valence-corrected chi connectivity index (χ3v) is 4.47. The van der Waals surface area contributed by atoms with Gasteiger partial charge in [0.05, 0.1) is 12.5 Å². The molecule has 9 heteroatoms. The van der Waals surface area contributed by atoms with E-state index < -0.39 is 42.3 Å². The Labute approximate surface area is 156 Å². The van der Waals surface area contributed by atoms with Crippen molar-refractivity contribution in [3.8, 4) is 0 Å². The molecule has 27 heavy (non-hydrogen) atoms. The molecule has 3 atom stereocenters. The van der Waals surface area contributed by atoms with E-state index in [0.29, 0.717) is 25.8 Å². The van der Waals surface area contributed by atoms with Gasteiger partial charge in [0, 0.05) is 6.54 Å². The molecule has 1 aromatic carbocycles. The average Bonchev–Trinajstić information content (AvgIpc) is 3.10. The maximum atomic E-state index is 12.7. The van der Waals surface area contributed by atoms with Crippen LogP contribution in [0.4, 0.5) is 0 Å². The Hall–Kier alpha value is -2.94. The van der Waals surface area contributed by atoms with Crippen LogP contribution >= 0.6 is 0 Å². The molecule has 0 spiro atoms. The molecule has 0 saturated carbocycles. The fourth-order valence-corrected chi connectivity index (χ4v) is 3.14. The number of rotatable bonds is 8. The van der Waals surface area contributed by atoms with Crippen LogP contribution < -0.4 is 16.8 Å². The van der Waals surface area contributed by atoms with E-state index >= 15 is 0 Å². The van der Waals surface area contributed by atoms with Crippen LogP contribution in [0.15, 0.2) is 30.3 Å². The van der Waals surface area contributed by atoms with E-state index in [-0.39, 0.29) is 5.91 Å². The number of primary amides is 1. The van der Waals surface area contributed by atoms with Crippen LogP contribution in [-0.4, -0.2) is 58.4 Å². The van der Waals surface area contributed by atoms with Gasteiger partial charge < -0.3 is 26.8 Å². The highest BCUT2D eigenvalue weighted by atomic mass is 16.4. The predicted molar refractivity (Wildman–Crippen MR) is 96.2 cm³/mol. The summed E-state index contributed by atoms with van der Waals surface area (Å²) >= 11 is 0. The van der Waals surface area contributed by atoms with Gasteiger partial charge in [-0.25, -0.2) is 4.79 Å². The number of likely N-dealkylation sites (tertiary alicyclic amines) is 1. The van der Waals surface area contributed by atoms with Crippen LogP contribution in [0.1, 0.15) is 24.8 Å². The molecule has 6 N–H and O–H groups in total. The van der Waals surface area contributed by atoms with Gasteiger partial charge in [-0.2, -0.15) is 0 Å². The molecule has 1 aromatic rings. The maximum Gasteiger partial charge on any atom is 0.326 e. The zero-order valence-electron chi connectivity index (χ0n) is 14.8. The van der Waals surface area contributed by atoms with Crippen molar-refractivity contribution in [2.75, 3.05) is 6.54 Å². The summed E-state index contributed by atoms with van der Waals surface area (Å²) in [7, 11) is 0. The third kappa shape index (κ3) is 5.52. The fraction of sp³-hybridized carbons (Fsp3) is 0.444. The number of amides is 3. The number of hydrogen-bond donors (Lipinski definition) is 4. The van der Waals surface area contributed by atoms with E-state index in [4.69, 9.17) is 16.6 Å². The highest BCUT2D eigenvalue weighted by Crippen LogP contribution is 2.19. The van der Waals surface area contributed by atoms with E-state index in [2.05, 4.69) is 5.32 Å². The summed E-state index contributed by atoms with van der Waals surface area (Å²) in [4.78, 5) is 48.7. The van der Waals surface area contributed by atoms with Crippen LogP contribution in [0.5, 0.6) is 0 Å². The first-order valence-electron chi connectivity index (χ1n) is 8.71. The molecule has 1 aliphatic heterocycles. The highest BCUT2D eigenvalue weighted by molar-refractivity contribution is 5.93. The average molecular weight is 376 g/mol. The van der Waals surface area contributed by atoms with E-state index in [1.165, 1.54) is 4.90 Å². The molecular formula is C18H24N4O5. The molecule has 0 radical (unpaired) electrons. The highest BCUT2D eigenvalue weighted by Gasteiger charge is 2.37. The molecule has 0 aliphatic carbocycles. The number of carbonyl (C=O) groups excluding carboxylic acids is 3. The van der Waals surface area contributed by atoms with Gasteiger partial charge in [0.2, 0.25) is 17.7 Å².